The zero-order valence-corrected chi connectivity index (χ0v) is 73.7. The molecule has 0 aliphatic carbocycles. The van der Waals surface area contributed by atoms with Crippen molar-refractivity contribution in [1.82, 2.24) is 19.6 Å². The van der Waals surface area contributed by atoms with Crippen molar-refractivity contribution in [2.24, 2.45) is 11.5 Å². The molecule has 0 radical (unpaired) electrons. The minimum absolute atomic E-state index is 0. The summed E-state index contributed by atoms with van der Waals surface area (Å²) < 4.78 is 99.0. The number of ether oxygens (including phenoxy) is 6. The van der Waals surface area contributed by atoms with Crippen LogP contribution in [-0.4, -0.2) is 157 Å². The standard InChI is InChI=1S/C17H23BrN2O3.C17H21BrN2O2.C16H23BrN2O2.C10H5F6IO4.C9H17Cl2NO2.C8H6BrN.CH4/c1-16(2,3)23-15(22)20-9-7-17(8-10-20,14(19)21)12-5-4-6-13(18)11-12;1-16(2,3)22-15(21)20-9-7-17(12-19,8-10-20)13-5-4-6-14(18)11-13;1-15(2,3)21-14(20)19-9-7-16(18,8-10-19)12-5-4-6-13(17)11-12;11-9(12,13)20-7(18)17(6-4-2-1-3-5-6)8(19)21-10(14,15)16;1-9(2,3)14-8(13)12(6-4-10)7-5-11;9-8-3-1-2-7(6-8)4-5-10;/h4-6,11H,7-10H2,1-3H3,(H2,19,21);4-6,11H,7-10H2,1-3H3;4-6,11H,7-10,18H2,1-3H3;1-5H;4-7H2,1-3H3;1-3,6H,4H2;1H4. The Morgan fingerprint density at radius 1 is 0.491 bits per heavy atom. The van der Waals surface area contributed by atoms with Crippen LogP contribution < -0.4 is 11.5 Å². The Bertz CT molecular complexity index is 3930. The van der Waals surface area contributed by atoms with Crippen molar-refractivity contribution in [2.45, 2.75) is 187 Å². The van der Waals surface area contributed by atoms with Gasteiger partial charge in [-0.05, 0) is 192 Å². The summed E-state index contributed by atoms with van der Waals surface area (Å²) in [6.07, 6.45) is -7.85. The second-order valence-corrected chi connectivity index (χ2v) is 38.2. The second-order valence-electron chi connectivity index (χ2n) is 29.2. The van der Waals surface area contributed by atoms with Gasteiger partial charge in [-0.15, -0.1) is 23.2 Å². The zero-order valence-electron chi connectivity index (χ0n) is 63.7. The Balaban J connectivity index is 0.000000463. The molecule has 112 heavy (non-hydrogen) atoms. The Morgan fingerprint density at radius 3 is 1.19 bits per heavy atom. The third-order valence-corrected chi connectivity index (χ3v) is 22.3. The summed E-state index contributed by atoms with van der Waals surface area (Å²) in [5, 5.41) is 18.0. The Hall–Kier alpha value is -6.66. The normalized spacial score (nSPS) is 15.1. The fourth-order valence-corrected chi connectivity index (χ4v) is 16.1. The van der Waals surface area contributed by atoms with Crippen molar-refractivity contribution in [1.29, 1.82) is 10.5 Å². The molecular formula is C78H99Br4Cl2F6IN8O13. The minimum atomic E-state index is -5.40. The van der Waals surface area contributed by atoms with Gasteiger partial charge in [0.25, 0.3) is 0 Å². The first-order chi connectivity index (χ1) is 51.3. The van der Waals surface area contributed by atoms with Crippen LogP contribution in [0.2, 0.25) is 0 Å². The molecule has 3 fully saturated rings. The van der Waals surface area contributed by atoms with E-state index in [1.807, 2.05) is 174 Å². The zero-order chi connectivity index (χ0) is 84.2. The van der Waals surface area contributed by atoms with Gasteiger partial charge >= 0.3 is 144 Å². The van der Waals surface area contributed by atoms with Crippen LogP contribution in [0.1, 0.15) is 151 Å². The van der Waals surface area contributed by atoms with Crippen LogP contribution >= 0.6 is 107 Å². The number of piperidine rings is 3. The van der Waals surface area contributed by atoms with Crippen molar-refractivity contribution >= 4 is 145 Å². The molecule has 0 atom stereocenters. The van der Waals surface area contributed by atoms with Crippen LogP contribution in [0.25, 0.3) is 0 Å². The molecule has 3 aliphatic heterocycles. The summed E-state index contributed by atoms with van der Waals surface area (Å²) >= 11 is 20.5. The number of hydrogen-bond donors (Lipinski definition) is 2. The van der Waals surface area contributed by atoms with Crippen LogP contribution in [0.5, 0.6) is 0 Å². The average Bonchev–Trinajstić information content (AvgIpc) is 0.787. The van der Waals surface area contributed by atoms with E-state index in [-0.39, 0.29) is 46.8 Å². The fourth-order valence-electron chi connectivity index (χ4n) is 10.6. The molecule has 0 aromatic heterocycles. The number of nitriles is 2. The Kier molecular flexibility index (Phi) is 41.3. The topological polar surface area (TPSA) is 287 Å². The van der Waals surface area contributed by atoms with Crippen molar-refractivity contribution < 1.29 is 88.3 Å². The number of nitrogens with two attached hydrogens (primary N) is 2. The van der Waals surface area contributed by atoms with E-state index in [1.165, 1.54) is 23.1 Å². The van der Waals surface area contributed by atoms with Gasteiger partial charge < -0.3 is 50.0 Å². The van der Waals surface area contributed by atoms with Gasteiger partial charge in [-0.1, -0.05) is 120 Å². The molecule has 3 aliphatic rings. The monoisotopic (exact) mass is 1980 g/mol. The number of amides is 5. The van der Waals surface area contributed by atoms with Crippen molar-refractivity contribution in [3.8, 4) is 12.1 Å². The molecule has 620 valence electrons. The van der Waals surface area contributed by atoms with E-state index in [1.54, 1.807) is 14.7 Å². The molecule has 21 nitrogen and oxygen atoms in total. The molecule has 8 rings (SSSR count). The average molecular weight is 1990 g/mol. The SMILES string of the molecule is C.CC(C)(C)OC(=O)N(CCCl)CCCl.CC(C)(C)OC(=O)N1CCC(C#N)(c2cccc(Br)c2)CC1.CC(C)(C)OC(=O)N1CCC(C(N)=O)(c2cccc(Br)c2)CC1.CC(C)(C)OC(=O)N1CCC(N)(c2cccc(Br)c2)CC1.N#CCc1cccc(Br)c1.O=C(OC(F)(F)F)I(C(=O)OC(F)(F)F)c1ccccc1. The van der Waals surface area contributed by atoms with E-state index in [9.17, 15) is 65.2 Å². The molecule has 0 spiro atoms. The third-order valence-electron chi connectivity index (χ3n) is 15.9. The number of halogens is 13. The van der Waals surface area contributed by atoms with Gasteiger partial charge in [-0.25, -0.2) is 19.2 Å². The van der Waals surface area contributed by atoms with Gasteiger partial charge in [0.15, 0.2) is 0 Å². The molecule has 4 N–H and O–H groups in total. The molecule has 0 saturated carbocycles. The summed E-state index contributed by atoms with van der Waals surface area (Å²) in [6.45, 7) is 26.3. The fraction of sp³-hybridized carbons (Fsp3) is 0.500. The van der Waals surface area contributed by atoms with Crippen LogP contribution in [0, 0.1) is 26.2 Å². The third kappa shape index (κ3) is 36.9. The summed E-state index contributed by atoms with van der Waals surface area (Å²) in [5.41, 5.74) is 12.7. The van der Waals surface area contributed by atoms with Crippen molar-refractivity contribution in [3.63, 3.8) is 0 Å². The van der Waals surface area contributed by atoms with Gasteiger partial charge in [-0.3, -0.25) is 4.79 Å². The molecule has 5 amide bonds. The van der Waals surface area contributed by atoms with Gasteiger partial charge in [-0.2, -0.15) is 10.5 Å². The Morgan fingerprint density at radius 2 is 0.839 bits per heavy atom. The van der Waals surface area contributed by atoms with Crippen LogP contribution in [0.15, 0.2) is 145 Å². The molecule has 0 unspecified atom stereocenters. The van der Waals surface area contributed by atoms with E-state index in [0.717, 1.165) is 65.1 Å². The van der Waals surface area contributed by atoms with E-state index >= 15 is 0 Å². The number of carbonyl (C=O) groups excluding carboxylic acids is 7. The Labute approximate surface area is 703 Å². The number of benzene rings is 5. The number of rotatable bonds is 12. The van der Waals surface area contributed by atoms with E-state index in [2.05, 4.69) is 91.4 Å². The summed E-state index contributed by atoms with van der Waals surface area (Å²) in [4.78, 5) is 89.3. The van der Waals surface area contributed by atoms with Gasteiger partial charge in [0, 0.05) is 87.5 Å². The van der Waals surface area contributed by atoms with Crippen molar-refractivity contribution in [3.05, 3.63) is 171 Å². The van der Waals surface area contributed by atoms with Crippen LogP contribution in [0.3, 0.4) is 0 Å². The first-order valence-corrected chi connectivity index (χ1v) is 42.1. The maximum atomic E-state index is 12.2. The number of hydrogen-bond acceptors (Lipinski definition) is 16. The molecule has 34 heteroatoms. The quantitative estimate of drug-likeness (QED) is 0.0386. The van der Waals surface area contributed by atoms with Gasteiger partial charge in [0.1, 0.15) is 22.4 Å². The maximum absolute atomic E-state index is 12.2. The molecule has 3 heterocycles. The molecule has 5 aromatic carbocycles. The predicted octanol–water partition coefficient (Wildman–Crippen LogP) is 21.6. The number of alkyl halides is 8. The molecule has 5 aromatic rings. The van der Waals surface area contributed by atoms with E-state index < -0.39 is 73.7 Å². The molecular weight excluding hydrogens is 1890 g/mol. The number of nitrogens with zero attached hydrogens (tertiary/aromatic N) is 6. The van der Waals surface area contributed by atoms with Crippen LogP contribution in [-0.2, 0) is 56.0 Å². The first-order valence-electron chi connectivity index (χ1n) is 34.6. The summed E-state index contributed by atoms with van der Waals surface area (Å²) in [5.74, 6) is 0.422. The first kappa shape index (κ1) is 101. The number of primary amides is 1. The van der Waals surface area contributed by atoms with Gasteiger partial charge in [0.2, 0.25) is 5.91 Å². The predicted molar refractivity (Wildman–Crippen MR) is 441 cm³/mol. The van der Waals surface area contributed by atoms with Gasteiger partial charge in [0.05, 0.1) is 29.4 Å². The number of carbonyl (C=O) groups is 7. The summed E-state index contributed by atoms with van der Waals surface area (Å²) in [7, 11) is 0. The number of likely N-dealkylation sites (tertiary alicyclic amines) is 3. The molecule has 0 bridgehead atoms. The summed E-state index contributed by atoms with van der Waals surface area (Å²) in [6, 6.07) is 41.9. The van der Waals surface area contributed by atoms with E-state index in [0.29, 0.717) is 96.2 Å². The second kappa shape index (κ2) is 45.6. The van der Waals surface area contributed by atoms with E-state index in [4.69, 9.17) is 58.9 Å². The van der Waals surface area contributed by atoms with Crippen LogP contribution in [0.4, 0.5) is 55.1 Å². The molecule has 3 saturated heterocycles. The van der Waals surface area contributed by atoms with Crippen molar-refractivity contribution in [2.75, 3.05) is 64.1 Å².